The summed E-state index contributed by atoms with van der Waals surface area (Å²) in [6.07, 6.45) is 2.22. The first-order valence-electron chi connectivity index (χ1n) is 10.3. The Kier molecular flexibility index (Phi) is 5.92. The van der Waals surface area contributed by atoms with Crippen molar-refractivity contribution >= 4 is 21.1 Å². The van der Waals surface area contributed by atoms with E-state index in [1.807, 2.05) is 24.3 Å². The van der Waals surface area contributed by atoms with Gasteiger partial charge in [0.05, 0.1) is 23.0 Å². The van der Waals surface area contributed by atoms with E-state index in [2.05, 4.69) is 9.62 Å². The van der Waals surface area contributed by atoms with Gasteiger partial charge in [-0.2, -0.15) is 0 Å². The van der Waals surface area contributed by atoms with Crippen LogP contribution in [0.5, 0.6) is 5.75 Å². The molecule has 3 aromatic rings. The summed E-state index contributed by atoms with van der Waals surface area (Å²) < 4.78 is 37.2. The number of nitrogens with one attached hydrogen (secondary N) is 1. The number of hydrogen-bond acceptors (Lipinski definition) is 5. The van der Waals surface area contributed by atoms with Crippen LogP contribution >= 0.6 is 0 Å². The van der Waals surface area contributed by atoms with E-state index in [1.165, 1.54) is 9.13 Å². The van der Waals surface area contributed by atoms with Gasteiger partial charge in [0.15, 0.2) is 0 Å². The second-order valence-electron chi connectivity index (χ2n) is 7.94. The zero-order chi connectivity index (χ0) is 22.2. The van der Waals surface area contributed by atoms with Crippen molar-refractivity contribution in [1.29, 1.82) is 0 Å². The molecule has 0 amide bonds. The van der Waals surface area contributed by atoms with Gasteiger partial charge in [-0.25, -0.2) is 17.9 Å². The van der Waals surface area contributed by atoms with Gasteiger partial charge in [0.2, 0.25) is 10.0 Å². The number of sulfonamides is 1. The van der Waals surface area contributed by atoms with Gasteiger partial charge < -0.3 is 4.74 Å². The van der Waals surface area contributed by atoms with Crippen LogP contribution in [0.3, 0.4) is 0 Å². The number of ether oxygens (including phenoxy) is 1. The molecule has 1 aliphatic heterocycles. The fourth-order valence-corrected chi connectivity index (χ4v) is 5.32. The molecule has 166 valence electrons. The Morgan fingerprint density at radius 1 is 1.00 bits per heavy atom. The minimum atomic E-state index is -3.74. The fraction of sp³-hybridized carbons (Fsp3) is 0.409. The maximum atomic E-state index is 13.1. The molecule has 2 heterocycles. The maximum Gasteiger partial charge on any atom is 0.328 e. The van der Waals surface area contributed by atoms with E-state index in [4.69, 9.17) is 4.74 Å². The average Bonchev–Trinajstić information content (AvgIpc) is 3.38. The monoisotopic (exact) mass is 444 g/mol. The molecule has 1 saturated heterocycles. The van der Waals surface area contributed by atoms with Crippen molar-refractivity contribution in [2.24, 2.45) is 14.1 Å². The lowest BCUT2D eigenvalue weighted by atomic mass is 10.1. The maximum absolute atomic E-state index is 13.1. The van der Waals surface area contributed by atoms with Gasteiger partial charge in [0, 0.05) is 26.7 Å². The van der Waals surface area contributed by atoms with Gasteiger partial charge >= 0.3 is 5.69 Å². The number of aryl methyl sites for hydroxylation is 2. The summed E-state index contributed by atoms with van der Waals surface area (Å²) in [5.74, 6) is 0.770. The van der Waals surface area contributed by atoms with Crippen LogP contribution in [0.1, 0.15) is 24.4 Å². The molecule has 4 rings (SSSR count). The molecule has 31 heavy (non-hydrogen) atoms. The number of aromatic nitrogens is 2. The number of likely N-dealkylation sites (tertiary alicyclic amines) is 1. The van der Waals surface area contributed by atoms with Crippen molar-refractivity contribution in [2.75, 3.05) is 26.7 Å². The number of benzene rings is 2. The highest BCUT2D eigenvalue weighted by Crippen LogP contribution is 2.27. The Morgan fingerprint density at radius 3 is 2.29 bits per heavy atom. The number of hydrogen-bond donors (Lipinski definition) is 1. The van der Waals surface area contributed by atoms with Crippen LogP contribution in [0.15, 0.2) is 52.2 Å². The molecule has 1 aliphatic rings. The van der Waals surface area contributed by atoms with Crippen molar-refractivity contribution in [3.8, 4) is 5.75 Å². The number of imidazole rings is 1. The normalized spacial score (nSPS) is 16.1. The standard InChI is InChI=1S/C22H28N4O4S/c1-24-19-11-10-18(14-20(19)25(2)22(24)27)31(28,29)23-15-21(26-12-4-5-13-26)16-6-8-17(30-3)9-7-16/h6-11,14,21,23H,4-5,12-13,15H2,1-3H3. The summed E-state index contributed by atoms with van der Waals surface area (Å²) in [6, 6.07) is 12.5. The average molecular weight is 445 g/mol. The van der Waals surface area contributed by atoms with Gasteiger partial charge in [0.1, 0.15) is 5.75 Å². The molecule has 1 N–H and O–H groups in total. The second-order valence-corrected chi connectivity index (χ2v) is 9.70. The third-order valence-electron chi connectivity index (χ3n) is 6.10. The molecule has 0 aliphatic carbocycles. The molecule has 0 saturated carbocycles. The number of fused-ring (bicyclic) bond motifs is 1. The Hall–Kier alpha value is -2.62. The minimum Gasteiger partial charge on any atom is -0.497 e. The summed E-state index contributed by atoms with van der Waals surface area (Å²) in [7, 11) is 1.20. The summed E-state index contributed by atoms with van der Waals surface area (Å²) in [5.41, 5.74) is 2.14. The fourth-order valence-electron chi connectivity index (χ4n) is 4.26. The third-order valence-corrected chi connectivity index (χ3v) is 7.52. The first-order valence-corrected chi connectivity index (χ1v) is 11.8. The molecule has 1 fully saturated rings. The van der Waals surface area contributed by atoms with Crippen LogP contribution in [0.4, 0.5) is 0 Å². The molecule has 8 nitrogen and oxygen atoms in total. The lowest BCUT2D eigenvalue weighted by Crippen LogP contribution is -2.36. The smallest absolute Gasteiger partial charge is 0.328 e. The van der Waals surface area contributed by atoms with Gasteiger partial charge in [-0.3, -0.25) is 14.0 Å². The molecule has 1 unspecified atom stereocenters. The van der Waals surface area contributed by atoms with Crippen molar-refractivity contribution in [1.82, 2.24) is 18.8 Å². The van der Waals surface area contributed by atoms with Gasteiger partial charge in [-0.1, -0.05) is 12.1 Å². The lowest BCUT2D eigenvalue weighted by molar-refractivity contribution is 0.246. The van der Waals surface area contributed by atoms with Crippen LogP contribution in [0.2, 0.25) is 0 Å². The van der Waals surface area contributed by atoms with Crippen molar-refractivity contribution in [3.63, 3.8) is 0 Å². The Labute approximate surface area is 182 Å². The van der Waals surface area contributed by atoms with Crippen molar-refractivity contribution < 1.29 is 13.2 Å². The van der Waals surface area contributed by atoms with E-state index in [0.717, 1.165) is 37.2 Å². The number of nitrogens with zero attached hydrogens (tertiary/aromatic N) is 3. The molecule has 2 aromatic carbocycles. The minimum absolute atomic E-state index is 0.0620. The van der Waals surface area contributed by atoms with E-state index in [9.17, 15) is 13.2 Å². The van der Waals surface area contributed by atoms with Crippen LogP contribution in [-0.4, -0.2) is 49.2 Å². The highest BCUT2D eigenvalue weighted by Gasteiger charge is 2.26. The predicted molar refractivity (Wildman–Crippen MR) is 120 cm³/mol. The van der Waals surface area contributed by atoms with Crippen molar-refractivity contribution in [2.45, 2.75) is 23.8 Å². The molecule has 9 heteroatoms. The molecule has 0 radical (unpaired) electrons. The Balaban J connectivity index is 1.60. The Morgan fingerprint density at radius 2 is 1.65 bits per heavy atom. The topological polar surface area (TPSA) is 85.6 Å². The van der Waals surface area contributed by atoms with E-state index >= 15 is 0 Å². The summed E-state index contributed by atoms with van der Waals surface area (Å²) in [5, 5.41) is 0. The molecular weight excluding hydrogens is 416 g/mol. The highest BCUT2D eigenvalue weighted by molar-refractivity contribution is 7.89. The number of rotatable bonds is 7. The molecule has 0 bridgehead atoms. The van der Waals surface area contributed by atoms with E-state index in [1.54, 1.807) is 39.4 Å². The highest BCUT2D eigenvalue weighted by atomic mass is 32.2. The van der Waals surface area contributed by atoms with Gasteiger partial charge in [-0.05, 0) is 61.8 Å². The SMILES string of the molecule is COc1ccc(C(CNS(=O)(=O)c2ccc3c(c2)n(C)c(=O)n3C)N2CCCC2)cc1. The first kappa shape index (κ1) is 21.6. The zero-order valence-corrected chi connectivity index (χ0v) is 18.9. The third kappa shape index (κ3) is 4.13. The molecular formula is C22H28N4O4S. The number of methoxy groups -OCH3 is 1. The first-order chi connectivity index (χ1) is 14.8. The molecule has 1 aromatic heterocycles. The Bertz CT molecular complexity index is 1240. The van der Waals surface area contributed by atoms with E-state index in [-0.39, 0.29) is 23.2 Å². The van der Waals surface area contributed by atoms with E-state index in [0.29, 0.717) is 11.0 Å². The van der Waals surface area contributed by atoms with Crippen LogP contribution < -0.4 is 15.1 Å². The van der Waals surface area contributed by atoms with E-state index < -0.39 is 10.0 Å². The van der Waals surface area contributed by atoms with Gasteiger partial charge in [-0.15, -0.1) is 0 Å². The summed E-state index contributed by atoms with van der Waals surface area (Å²) in [4.78, 5) is 14.6. The zero-order valence-electron chi connectivity index (χ0n) is 18.0. The quantitative estimate of drug-likeness (QED) is 0.603. The van der Waals surface area contributed by atoms with Crippen molar-refractivity contribution in [3.05, 3.63) is 58.5 Å². The van der Waals surface area contributed by atoms with Gasteiger partial charge in [0.25, 0.3) is 0 Å². The summed E-state index contributed by atoms with van der Waals surface area (Å²) in [6.45, 7) is 2.15. The summed E-state index contributed by atoms with van der Waals surface area (Å²) >= 11 is 0. The van der Waals surface area contributed by atoms with Crippen LogP contribution in [0.25, 0.3) is 11.0 Å². The molecule has 0 spiro atoms. The van der Waals surface area contributed by atoms with Crippen LogP contribution in [-0.2, 0) is 24.1 Å². The largest absolute Gasteiger partial charge is 0.497 e. The predicted octanol–water partition coefficient (Wildman–Crippen LogP) is 2.00. The lowest BCUT2D eigenvalue weighted by Gasteiger charge is -2.28. The second kappa shape index (κ2) is 8.49. The van der Waals surface area contributed by atoms with Crippen LogP contribution in [0, 0.1) is 0 Å². The molecule has 1 atom stereocenters.